The topological polar surface area (TPSA) is 110 Å². The second-order valence-corrected chi connectivity index (χ2v) is 5.29. The van der Waals surface area contributed by atoms with Gasteiger partial charge in [-0.15, -0.1) is 0 Å². The van der Waals surface area contributed by atoms with E-state index in [4.69, 9.17) is 16.3 Å². The molecule has 24 heavy (non-hydrogen) atoms. The molecule has 0 aliphatic carbocycles. The third kappa shape index (κ3) is 2.86. The molecule has 0 saturated carbocycles. The largest absolute Gasteiger partial charge is 0.495 e. The number of amides is 1. The van der Waals surface area contributed by atoms with Crippen molar-refractivity contribution in [1.82, 2.24) is 10.2 Å². The Hall–Kier alpha value is -3.13. The lowest BCUT2D eigenvalue weighted by Crippen LogP contribution is -2.13. The van der Waals surface area contributed by atoms with Crippen molar-refractivity contribution in [2.45, 2.75) is 0 Å². The zero-order valence-corrected chi connectivity index (χ0v) is 13.1. The van der Waals surface area contributed by atoms with Gasteiger partial charge in [0.2, 0.25) is 0 Å². The summed E-state index contributed by atoms with van der Waals surface area (Å²) in [5, 5.41) is 20.9. The van der Waals surface area contributed by atoms with E-state index >= 15 is 0 Å². The summed E-state index contributed by atoms with van der Waals surface area (Å²) in [5.41, 5.74) is 0.800. The van der Waals surface area contributed by atoms with Crippen LogP contribution in [0.1, 0.15) is 10.5 Å². The van der Waals surface area contributed by atoms with Gasteiger partial charge in [0.05, 0.1) is 23.2 Å². The van der Waals surface area contributed by atoms with Gasteiger partial charge in [-0.25, -0.2) is 0 Å². The Labute approximate surface area is 140 Å². The summed E-state index contributed by atoms with van der Waals surface area (Å²) in [6.45, 7) is 0. The number of nitro benzene ring substituents is 1. The molecule has 9 heteroatoms. The Morgan fingerprint density at radius 2 is 2.12 bits per heavy atom. The van der Waals surface area contributed by atoms with Crippen molar-refractivity contribution in [3.8, 4) is 5.75 Å². The van der Waals surface area contributed by atoms with Crippen LogP contribution in [0.15, 0.2) is 36.4 Å². The molecule has 2 N–H and O–H groups in total. The number of fused-ring (bicyclic) bond motifs is 1. The van der Waals surface area contributed by atoms with Crippen molar-refractivity contribution in [1.29, 1.82) is 0 Å². The molecule has 0 fully saturated rings. The number of ether oxygens (including phenoxy) is 1. The van der Waals surface area contributed by atoms with E-state index in [9.17, 15) is 14.9 Å². The van der Waals surface area contributed by atoms with E-state index in [-0.39, 0.29) is 11.4 Å². The second kappa shape index (κ2) is 6.17. The second-order valence-electron chi connectivity index (χ2n) is 4.86. The number of non-ortho nitro benzene ring substituents is 1. The van der Waals surface area contributed by atoms with Crippen LogP contribution in [0.25, 0.3) is 10.9 Å². The Balaban J connectivity index is 1.99. The van der Waals surface area contributed by atoms with Crippen molar-refractivity contribution in [2.24, 2.45) is 0 Å². The molecular weight excluding hydrogens is 336 g/mol. The number of benzene rings is 2. The number of hydrogen-bond acceptors (Lipinski definition) is 5. The molecule has 3 aromatic rings. The Morgan fingerprint density at radius 1 is 1.33 bits per heavy atom. The van der Waals surface area contributed by atoms with Crippen molar-refractivity contribution in [3.05, 3.63) is 57.2 Å². The highest BCUT2D eigenvalue weighted by molar-refractivity contribution is 6.31. The molecule has 2 aromatic carbocycles. The number of nitro groups is 1. The van der Waals surface area contributed by atoms with Crippen LogP contribution in [0.3, 0.4) is 0 Å². The van der Waals surface area contributed by atoms with Crippen LogP contribution < -0.4 is 10.1 Å². The van der Waals surface area contributed by atoms with Gasteiger partial charge in [-0.2, -0.15) is 5.10 Å². The molecule has 0 aliphatic rings. The molecule has 0 bridgehead atoms. The molecule has 8 nitrogen and oxygen atoms in total. The predicted molar refractivity (Wildman–Crippen MR) is 88.7 cm³/mol. The molecule has 0 atom stereocenters. The van der Waals surface area contributed by atoms with E-state index in [1.807, 2.05) is 0 Å². The number of carbonyl (C=O) groups excluding carboxylic acids is 1. The summed E-state index contributed by atoms with van der Waals surface area (Å²) < 4.78 is 5.17. The predicted octanol–water partition coefficient (Wildman–Crippen LogP) is 3.39. The Kier molecular flexibility index (Phi) is 4.05. The number of nitrogens with zero attached hydrogens (tertiary/aromatic N) is 2. The number of carbonyl (C=O) groups is 1. The molecule has 0 unspecified atom stereocenters. The fraction of sp³-hybridized carbons (Fsp3) is 0.0667. The van der Waals surface area contributed by atoms with Crippen LogP contribution >= 0.6 is 11.6 Å². The van der Waals surface area contributed by atoms with E-state index in [1.54, 1.807) is 12.1 Å². The average Bonchev–Trinajstić information content (AvgIpc) is 2.98. The van der Waals surface area contributed by atoms with Crippen LogP contribution in [0.2, 0.25) is 5.02 Å². The van der Waals surface area contributed by atoms with Crippen molar-refractivity contribution in [2.75, 3.05) is 12.4 Å². The monoisotopic (exact) mass is 346 g/mol. The molecule has 1 heterocycles. The summed E-state index contributed by atoms with van der Waals surface area (Å²) in [6.07, 6.45) is 0. The van der Waals surface area contributed by atoms with Gasteiger partial charge in [-0.3, -0.25) is 20.0 Å². The minimum absolute atomic E-state index is 0.0377. The zero-order chi connectivity index (χ0) is 17.3. The minimum atomic E-state index is -0.540. The molecule has 0 saturated heterocycles. The van der Waals surface area contributed by atoms with E-state index in [2.05, 4.69) is 15.5 Å². The van der Waals surface area contributed by atoms with Crippen molar-refractivity contribution < 1.29 is 14.5 Å². The number of methoxy groups -OCH3 is 1. The SMILES string of the molecule is COc1ccc(Cl)cc1NC(=O)c1n[nH]c2ccc([N+](=O)[O-])cc12. The maximum absolute atomic E-state index is 12.5. The molecular formula is C15H11ClN4O4. The Morgan fingerprint density at radius 3 is 2.83 bits per heavy atom. The fourth-order valence-electron chi connectivity index (χ4n) is 2.25. The first kappa shape index (κ1) is 15.8. The molecule has 122 valence electrons. The number of halogens is 1. The van der Waals surface area contributed by atoms with Gasteiger partial charge in [0.15, 0.2) is 5.69 Å². The van der Waals surface area contributed by atoms with Gasteiger partial charge < -0.3 is 10.1 Å². The number of hydrogen-bond donors (Lipinski definition) is 2. The lowest BCUT2D eigenvalue weighted by molar-refractivity contribution is -0.384. The summed E-state index contributed by atoms with van der Waals surface area (Å²) >= 11 is 5.93. The molecule has 1 amide bonds. The van der Waals surface area contributed by atoms with Gasteiger partial charge in [-0.05, 0) is 24.3 Å². The van der Waals surface area contributed by atoms with Crippen LogP contribution in [0, 0.1) is 10.1 Å². The highest BCUT2D eigenvalue weighted by atomic mass is 35.5. The first-order valence-corrected chi connectivity index (χ1v) is 7.15. The third-order valence-corrected chi connectivity index (χ3v) is 3.62. The lowest BCUT2D eigenvalue weighted by Gasteiger charge is -2.09. The van der Waals surface area contributed by atoms with Gasteiger partial charge in [-0.1, -0.05) is 11.6 Å². The normalized spacial score (nSPS) is 10.6. The fourth-order valence-corrected chi connectivity index (χ4v) is 2.42. The quantitative estimate of drug-likeness (QED) is 0.555. The number of aromatic nitrogens is 2. The maximum atomic E-state index is 12.5. The molecule has 3 rings (SSSR count). The smallest absolute Gasteiger partial charge is 0.276 e. The number of aromatic amines is 1. The van der Waals surface area contributed by atoms with Crippen LogP contribution in [0.5, 0.6) is 5.75 Å². The summed E-state index contributed by atoms with van der Waals surface area (Å²) in [6, 6.07) is 8.91. The van der Waals surface area contributed by atoms with Crippen LogP contribution in [0.4, 0.5) is 11.4 Å². The zero-order valence-electron chi connectivity index (χ0n) is 12.4. The Bertz CT molecular complexity index is 954. The van der Waals surface area contributed by atoms with Crippen molar-refractivity contribution in [3.63, 3.8) is 0 Å². The molecule has 0 radical (unpaired) electrons. The number of rotatable bonds is 4. The standard InChI is InChI=1S/C15H11ClN4O4/c1-24-13-5-2-8(16)6-12(13)17-15(21)14-10-7-9(20(22)23)3-4-11(10)18-19-14/h2-7H,1H3,(H,17,21)(H,18,19). The number of anilines is 1. The molecule has 0 spiro atoms. The van der Waals surface area contributed by atoms with Crippen LogP contribution in [-0.2, 0) is 0 Å². The van der Waals surface area contributed by atoms with E-state index in [1.165, 1.54) is 31.4 Å². The minimum Gasteiger partial charge on any atom is -0.495 e. The van der Waals surface area contributed by atoms with E-state index < -0.39 is 10.8 Å². The lowest BCUT2D eigenvalue weighted by atomic mass is 10.2. The highest BCUT2D eigenvalue weighted by Gasteiger charge is 2.18. The van der Waals surface area contributed by atoms with E-state index in [0.717, 1.165) is 0 Å². The first-order valence-electron chi connectivity index (χ1n) is 6.77. The summed E-state index contributed by atoms with van der Waals surface area (Å²) in [7, 11) is 1.46. The average molecular weight is 347 g/mol. The first-order chi connectivity index (χ1) is 11.5. The number of H-pyrrole nitrogens is 1. The summed E-state index contributed by atoms with van der Waals surface area (Å²) in [4.78, 5) is 22.9. The van der Waals surface area contributed by atoms with Gasteiger partial charge in [0.1, 0.15) is 5.75 Å². The third-order valence-electron chi connectivity index (χ3n) is 3.38. The van der Waals surface area contributed by atoms with Crippen LogP contribution in [-0.4, -0.2) is 28.1 Å². The van der Waals surface area contributed by atoms with Crippen molar-refractivity contribution >= 4 is 39.8 Å². The number of nitrogens with one attached hydrogen (secondary N) is 2. The highest BCUT2D eigenvalue weighted by Crippen LogP contribution is 2.29. The van der Waals surface area contributed by atoms with Gasteiger partial charge in [0.25, 0.3) is 11.6 Å². The summed E-state index contributed by atoms with van der Waals surface area (Å²) in [5.74, 6) is -0.110. The van der Waals surface area contributed by atoms with E-state index in [0.29, 0.717) is 27.4 Å². The maximum Gasteiger partial charge on any atom is 0.276 e. The van der Waals surface area contributed by atoms with Gasteiger partial charge >= 0.3 is 0 Å². The molecule has 1 aromatic heterocycles. The van der Waals surface area contributed by atoms with Gasteiger partial charge in [0, 0.05) is 22.5 Å². The molecule has 0 aliphatic heterocycles.